The molecule has 2 rings (SSSR count). The molecule has 1 heterocycles. The van der Waals surface area contributed by atoms with Gasteiger partial charge in [0.1, 0.15) is 0 Å². The van der Waals surface area contributed by atoms with E-state index in [0.29, 0.717) is 10.9 Å². The van der Waals surface area contributed by atoms with Crippen LogP contribution in [0.2, 0.25) is 5.02 Å². The lowest BCUT2D eigenvalue weighted by Crippen LogP contribution is -2.10. The van der Waals surface area contributed by atoms with Crippen LogP contribution in [-0.2, 0) is 0 Å². The van der Waals surface area contributed by atoms with Crippen molar-refractivity contribution >= 4 is 23.1 Å². The summed E-state index contributed by atoms with van der Waals surface area (Å²) in [6.07, 6.45) is 0. The molecule has 7 heteroatoms. The van der Waals surface area contributed by atoms with E-state index in [2.05, 4.69) is 10.3 Å². The summed E-state index contributed by atoms with van der Waals surface area (Å²) in [6, 6.07) is 9.86. The summed E-state index contributed by atoms with van der Waals surface area (Å²) in [7, 11) is 1.45. The summed E-state index contributed by atoms with van der Waals surface area (Å²) >= 11 is 6.13. The predicted molar refractivity (Wildman–Crippen MR) is 80.9 cm³/mol. The highest BCUT2D eigenvalue weighted by molar-refractivity contribution is 6.31. The first-order valence-corrected chi connectivity index (χ1v) is 6.61. The fourth-order valence-corrected chi connectivity index (χ4v) is 2.21. The summed E-state index contributed by atoms with van der Waals surface area (Å²) in [5.74, 6) is 0.446. The normalized spacial score (nSPS) is 11.8. The number of nitro groups is 1. The molecule has 1 N–H and O–H groups in total. The molecule has 6 nitrogen and oxygen atoms in total. The Bertz CT molecular complexity index is 664. The van der Waals surface area contributed by atoms with Gasteiger partial charge >= 0.3 is 5.69 Å². The Kier molecular flexibility index (Phi) is 4.59. The number of benzene rings is 1. The van der Waals surface area contributed by atoms with Crippen LogP contribution in [0.1, 0.15) is 18.5 Å². The number of ether oxygens (including phenoxy) is 1. The fourth-order valence-electron chi connectivity index (χ4n) is 1.91. The Hall–Kier alpha value is -2.34. The van der Waals surface area contributed by atoms with Gasteiger partial charge in [-0.25, -0.2) is 0 Å². The maximum atomic E-state index is 11.1. The Morgan fingerprint density at radius 2 is 2.05 bits per heavy atom. The zero-order valence-electron chi connectivity index (χ0n) is 11.5. The van der Waals surface area contributed by atoms with Crippen molar-refractivity contribution in [3.63, 3.8) is 0 Å². The number of aromatic nitrogens is 1. The molecule has 0 saturated heterocycles. The highest BCUT2D eigenvalue weighted by atomic mass is 35.5. The number of anilines is 1. The molecule has 2 aromatic rings. The predicted octanol–water partition coefficient (Wildman–Crippen LogP) is 3.82. The molecule has 110 valence electrons. The zero-order valence-corrected chi connectivity index (χ0v) is 12.3. The molecule has 0 spiro atoms. The molecule has 0 aliphatic rings. The van der Waals surface area contributed by atoms with E-state index in [1.807, 2.05) is 25.1 Å². The second-order valence-electron chi connectivity index (χ2n) is 4.37. The topological polar surface area (TPSA) is 77.3 Å². The molecule has 0 aliphatic heterocycles. The summed E-state index contributed by atoms with van der Waals surface area (Å²) < 4.78 is 5.00. The third-order valence-corrected chi connectivity index (χ3v) is 3.32. The van der Waals surface area contributed by atoms with Crippen LogP contribution >= 0.6 is 11.6 Å². The fraction of sp³-hybridized carbons (Fsp3) is 0.214. The summed E-state index contributed by atoms with van der Waals surface area (Å²) in [5, 5.41) is 14.7. The molecule has 1 atom stereocenters. The van der Waals surface area contributed by atoms with Gasteiger partial charge in [-0.05, 0) is 18.6 Å². The number of hydrogen-bond donors (Lipinski definition) is 1. The first-order valence-electron chi connectivity index (χ1n) is 6.23. The van der Waals surface area contributed by atoms with E-state index >= 15 is 0 Å². The molecule has 0 saturated carbocycles. The van der Waals surface area contributed by atoms with Crippen molar-refractivity contribution in [2.45, 2.75) is 13.0 Å². The number of methoxy groups -OCH3 is 1. The average Bonchev–Trinajstić information content (AvgIpc) is 2.47. The molecule has 0 radical (unpaired) electrons. The highest BCUT2D eigenvalue weighted by Gasteiger charge is 2.19. The zero-order chi connectivity index (χ0) is 15.4. The third-order valence-electron chi connectivity index (χ3n) is 2.98. The third kappa shape index (κ3) is 3.41. The van der Waals surface area contributed by atoms with E-state index in [1.165, 1.54) is 19.2 Å². The number of nitrogens with zero attached hydrogens (tertiary/aromatic N) is 2. The van der Waals surface area contributed by atoms with Gasteiger partial charge in [0.25, 0.3) is 0 Å². The van der Waals surface area contributed by atoms with Crippen LogP contribution in [0.5, 0.6) is 5.88 Å². The van der Waals surface area contributed by atoms with Crippen LogP contribution in [0.4, 0.5) is 11.5 Å². The smallest absolute Gasteiger partial charge is 0.311 e. The second kappa shape index (κ2) is 6.41. The average molecular weight is 308 g/mol. The van der Waals surface area contributed by atoms with Crippen molar-refractivity contribution in [3.8, 4) is 5.88 Å². The van der Waals surface area contributed by atoms with Crippen LogP contribution in [-0.4, -0.2) is 17.0 Å². The molecule has 1 aromatic heterocycles. The van der Waals surface area contributed by atoms with Gasteiger partial charge in [0.2, 0.25) is 11.7 Å². The van der Waals surface area contributed by atoms with E-state index in [1.54, 1.807) is 6.07 Å². The van der Waals surface area contributed by atoms with Gasteiger partial charge in [-0.15, -0.1) is 0 Å². The molecule has 0 fully saturated rings. The van der Waals surface area contributed by atoms with Crippen molar-refractivity contribution in [2.24, 2.45) is 0 Å². The van der Waals surface area contributed by atoms with Crippen molar-refractivity contribution in [3.05, 3.63) is 57.1 Å². The monoisotopic (exact) mass is 307 g/mol. The Balaban J connectivity index is 2.34. The maximum absolute atomic E-state index is 11.1. The molecule has 21 heavy (non-hydrogen) atoms. The van der Waals surface area contributed by atoms with Gasteiger partial charge in [-0.3, -0.25) is 10.1 Å². The largest absolute Gasteiger partial charge is 0.481 e. The van der Waals surface area contributed by atoms with E-state index in [4.69, 9.17) is 16.3 Å². The van der Waals surface area contributed by atoms with Gasteiger partial charge in [-0.2, -0.15) is 4.98 Å². The quantitative estimate of drug-likeness (QED) is 0.671. The SMILES string of the molecule is COc1ccc([N+](=O)[O-])c(NC(C)c2ccccc2Cl)n1. The van der Waals surface area contributed by atoms with Gasteiger partial charge in [0, 0.05) is 17.2 Å². The molecule has 0 bridgehead atoms. The van der Waals surface area contributed by atoms with E-state index in [9.17, 15) is 10.1 Å². The highest BCUT2D eigenvalue weighted by Crippen LogP contribution is 2.30. The van der Waals surface area contributed by atoms with Crippen LogP contribution < -0.4 is 10.1 Å². The van der Waals surface area contributed by atoms with Gasteiger partial charge in [0.15, 0.2) is 0 Å². The maximum Gasteiger partial charge on any atom is 0.311 e. The van der Waals surface area contributed by atoms with E-state index in [-0.39, 0.29) is 17.5 Å². The lowest BCUT2D eigenvalue weighted by molar-refractivity contribution is -0.384. The van der Waals surface area contributed by atoms with Gasteiger partial charge in [0.05, 0.1) is 18.1 Å². The van der Waals surface area contributed by atoms with E-state index in [0.717, 1.165) is 5.56 Å². The lowest BCUT2D eigenvalue weighted by atomic mass is 10.1. The first kappa shape index (κ1) is 15.1. The Morgan fingerprint density at radius 3 is 2.67 bits per heavy atom. The number of pyridine rings is 1. The first-order chi connectivity index (χ1) is 10.0. The van der Waals surface area contributed by atoms with Crippen LogP contribution in [0.3, 0.4) is 0 Å². The van der Waals surface area contributed by atoms with Gasteiger partial charge < -0.3 is 10.1 Å². The second-order valence-corrected chi connectivity index (χ2v) is 4.77. The number of nitrogens with one attached hydrogen (secondary N) is 1. The lowest BCUT2D eigenvalue weighted by Gasteiger charge is -2.16. The van der Waals surface area contributed by atoms with E-state index < -0.39 is 4.92 Å². The van der Waals surface area contributed by atoms with Crippen molar-refractivity contribution in [1.29, 1.82) is 0 Å². The summed E-state index contributed by atoms with van der Waals surface area (Å²) in [4.78, 5) is 14.7. The molecular formula is C14H14ClN3O3. The van der Waals surface area contributed by atoms with Crippen molar-refractivity contribution in [2.75, 3.05) is 12.4 Å². The van der Waals surface area contributed by atoms with Gasteiger partial charge in [-0.1, -0.05) is 29.8 Å². The van der Waals surface area contributed by atoms with Crippen molar-refractivity contribution < 1.29 is 9.66 Å². The van der Waals surface area contributed by atoms with Crippen LogP contribution in [0.25, 0.3) is 0 Å². The number of hydrogen-bond acceptors (Lipinski definition) is 5. The molecule has 0 amide bonds. The minimum Gasteiger partial charge on any atom is -0.481 e. The minimum atomic E-state index is -0.492. The Morgan fingerprint density at radius 1 is 1.33 bits per heavy atom. The van der Waals surface area contributed by atoms with Crippen molar-refractivity contribution in [1.82, 2.24) is 4.98 Å². The Labute approximate surface area is 126 Å². The minimum absolute atomic E-state index is 0.116. The number of halogens is 1. The molecule has 0 aliphatic carbocycles. The summed E-state index contributed by atoms with van der Waals surface area (Å²) in [6.45, 7) is 1.85. The molecule has 1 aromatic carbocycles. The standard InChI is InChI=1S/C14H14ClN3O3/c1-9(10-5-3-4-6-11(10)15)16-14-12(18(19)20)7-8-13(17-14)21-2/h3-9H,1-2H3,(H,16,17). The molecule has 1 unspecified atom stereocenters. The molecular weight excluding hydrogens is 294 g/mol. The summed E-state index contributed by atoms with van der Waals surface area (Å²) in [5.41, 5.74) is 0.716. The van der Waals surface area contributed by atoms with Crippen LogP contribution in [0.15, 0.2) is 36.4 Å². The number of rotatable bonds is 5. The van der Waals surface area contributed by atoms with Crippen LogP contribution in [0, 0.1) is 10.1 Å².